The van der Waals surface area contributed by atoms with Gasteiger partial charge in [0.2, 0.25) is 0 Å². The molecule has 1 N–H and O–H groups in total. The number of ether oxygens (including phenoxy) is 3. The molecule has 1 aromatic carbocycles. The summed E-state index contributed by atoms with van der Waals surface area (Å²) in [5, 5.41) is 10.6. The highest BCUT2D eigenvalue weighted by molar-refractivity contribution is 5.19. The molecule has 112 valence electrons. The predicted molar refractivity (Wildman–Crippen MR) is 76.3 cm³/mol. The minimum atomic E-state index is -0.738. The quantitative estimate of drug-likeness (QED) is 0.901. The summed E-state index contributed by atoms with van der Waals surface area (Å²) >= 11 is 0. The number of hydrogen-bond acceptors (Lipinski definition) is 4. The maximum Gasteiger partial charge on any atom is 0.163 e. The number of hydrogen-bond donors (Lipinski definition) is 1. The molecule has 1 aliphatic heterocycles. The number of aliphatic hydroxyl groups excluding tert-OH is 1. The molecule has 1 aromatic rings. The number of benzene rings is 1. The minimum Gasteiger partial charge on any atom is -0.386 e. The molecule has 4 heteroatoms. The van der Waals surface area contributed by atoms with Gasteiger partial charge in [-0.15, -0.1) is 0 Å². The summed E-state index contributed by atoms with van der Waals surface area (Å²) in [6.45, 7) is 5.82. The second kappa shape index (κ2) is 6.22. The van der Waals surface area contributed by atoms with Gasteiger partial charge in [-0.25, -0.2) is 0 Å². The van der Waals surface area contributed by atoms with Gasteiger partial charge >= 0.3 is 0 Å². The molecule has 1 heterocycles. The van der Waals surface area contributed by atoms with Gasteiger partial charge in [0.25, 0.3) is 0 Å². The summed E-state index contributed by atoms with van der Waals surface area (Å²) in [5.74, 6) is -0.640. The zero-order chi connectivity index (χ0) is 14.8. The van der Waals surface area contributed by atoms with E-state index in [9.17, 15) is 5.11 Å². The molecule has 0 unspecified atom stereocenters. The SMILES string of the molecule is CC[C@@H]1OC(C)(C)O[C@@H]1[C@@H](OC)[C@H](O)c1ccccc1. The highest BCUT2D eigenvalue weighted by Gasteiger charge is 2.46. The molecule has 0 radical (unpaired) electrons. The second-order valence-electron chi connectivity index (χ2n) is 5.60. The smallest absolute Gasteiger partial charge is 0.163 e. The first-order valence-corrected chi connectivity index (χ1v) is 7.10. The van der Waals surface area contributed by atoms with Crippen molar-refractivity contribution in [3.63, 3.8) is 0 Å². The summed E-state index contributed by atoms with van der Waals surface area (Å²) in [7, 11) is 1.60. The Morgan fingerprint density at radius 1 is 1.25 bits per heavy atom. The van der Waals surface area contributed by atoms with Gasteiger partial charge in [0, 0.05) is 7.11 Å². The van der Waals surface area contributed by atoms with Gasteiger partial charge in [-0.1, -0.05) is 37.3 Å². The Morgan fingerprint density at radius 2 is 1.90 bits per heavy atom. The molecule has 0 saturated carbocycles. The Hall–Kier alpha value is -0.940. The first kappa shape index (κ1) is 15.4. The van der Waals surface area contributed by atoms with E-state index in [1.165, 1.54) is 0 Å². The fraction of sp³-hybridized carbons (Fsp3) is 0.625. The van der Waals surface area contributed by atoms with E-state index in [-0.39, 0.29) is 12.2 Å². The van der Waals surface area contributed by atoms with Crippen LogP contribution in [0.3, 0.4) is 0 Å². The van der Waals surface area contributed by atoms with E-state index in [0.717, 1.165) is 12.0 Å². The lowest BCUT2D eigenvalue weighted by Gasteiger charge is -2.29. The number of rotatable bonds is 5. The van der Waals surface area contributed by atoms with Gasteiger partial charge in [-0.2, -0.15) is 0 Å². The van der Waals surface area contributed by atoms with Crippen LogP contribution in [0.4, 0.5) is 0 Å². The molecule has 0 aromatic heterocycles. The Bertz CT molecular complexity index is 418. The molecular formula is C16H24O4. The third-order valence-corrected chi connectivity index (χ3v) is 3.67. The van der Waals surface area contributed by atoms with Crippen LogP contribution in [0.1, 0.15) is 38.9 Å². The lowest BCUT2D eigenvalue weighted by atomic mass is 9.96. The Kier molecular flexibility index (Phi) is 4.81. The zero-order valence-corrected chi connectivity index (χ0v) is 12.6. The van der Waals surface area contributed by atoms with E-state index in [1.54, 1.807) is 7.11 Å². The molecule has 0 amide bonds. The van der Waals surface area contributed by atoms with Crippen molar-refractivity contribution in [2.24, 2.45) is 0 Å². The van der Waals surface area contributed by atoms with E-state index >= 15 is 0 Å². The van der Waals surface area contributed by atoms with Gasteiger partial charge in [0.15, 0.2) is 5.79 Å². The molecular weight excluding hydrogens is 256 g/mol. The minimum absolute atomic E-state index is 0.0756. The maximum absolute atomic E-state index is 10.6. The normalized spacial score (nSPS) is 28.2. The topological polar surface area (TPSA) is 47.9 Å². The Balaban J connectivity index is 2.19. The van der Waals surface area contributed by atoms with Crippen molar-refractivity contribution >= 4 is 0 Å². The van der Waals surface area contributed by atoms with E-state index in [4.69, 9.17) is 14.2 Å². The fourth-order valence-corrected chi connectivity index (χ4v) is 2.74. The Morgan fingerprint density at radius 3 is 2.45 bits per heavy atom. The second-order valence-corrected chi connectivity index (χ2v) is 5.60. The number of methoxy groups -OCH3 is 1. The van der Waals surface area contributed by atoms with Gasteiger partial charge < -0.3 is 19.3 Å². The predicted octanol–water partition coefficient (Wildman–Crippen LogP) is 2.67. The highest BCUT2D eigenvalue weighted by Crippen LogP contribution is 2.36. The molecule has 1 aliphatic rings. The van der Waals surface area contributed by atoms with Crippen molar-refractivity contribution in [3.8, 4) is 0 Å². The van der Waals surface area contributed by atoms with Gasteiger partial charge in [-0.05, 0) is 25.8 Å². The lowest BCUT2D eigenvalue weighted by molar-refractivity contribution is -0.166. The van der Waals surface area contributed by atoms with Crippen LogP contribution >= 0.6 is 0 Å². The van der Waals surface area contributed by atoms with E-state index in [2.05, 4.69) is 0 Å². The van der Waals surface area contributed by atoms with Crippen molar-refractivity contribution in [2.45, 2.75) is 57.4 Å². The zero-order valence-electron chi connectivity index (χ0n) is 12.6. The first-order valence-electron chi connectivity index (χ1n) is 7.10. The van der Waals surface area contributed by atoms with Crippen LogP contribution in [0.5, 0.6) is 0 Å². The molecule has 4 atom stereocenters. The maximum atomic E-state index is 10.6. The average molecular weight is 280 g/mol. The van der Waals surface area contributed by atoms with Crippen LogP contribution in [-0.2, 0) is 14.2 Å². The van der Waals surface area contributed by atoms with Crippen LogP contribution in [0.2, 0.25) is 0 Å². The van der Waals surface area contributed by atoms with Crippen molar-refractivity contribution in [2.75, 3.05) is 7.11 Å². The summed E-state index contributed by atoms with van der Waals surface area (Å²) in [6.07, 6.45) is -0.736. The molecule has 0 spiro atoms. The van der Waals surface area contributed by atoms with Crippen molar-refractivity contribution in [1.29, 1.82) is 0 Å². The third kappa shape index (κ3) is 3.20. The Labute approximate surface area is 120 Å². The summed E-state index contributed by atoms with van der Waals surface area (Å²) in [5.41, 5.74) is 0.822. The van der Waals surface area contributed by atoms with Crippen molar-refractivity contribution in [1.82, 2.24) is 0 Å². The molecule has 0 bridgehead atoms. The molecule has 1 fully saturated rings. The van der Waals surface area contributed by atoms with Crippen LogP contribution in [-0.4, -0.2) is 36.3 Å². The van der Waals surface area contributed by atoms with Gasteiger partial charge in [-0.3, -0.25) is 0 Å². The molecule has 20 heavy (non-hydrogen) atoms. The highest BCUT2D eigenvalue weighted by atomic mass is 16.8. The van der Waals surface area contributed by atoms with E-state index in [0.29, 0.717) is 0 Å². The molecule has 0 aliphatic carbocycles. The first-order chi connectivity index (χ1) is 9.48. The van der Waals surface area contributed by atoms with Crippen molar-refractivity contribution < 1.29 is 19.3 Å². The van der Waals surface area contributed by atoms with Gasteiger partial charge in [0.1, 0.15) is 18.3 Å². The van der Waals surface area contributed by atoms with Crippen LogP contribution in [0.15, 0.2) is 30.3 Å². The average Bonchev–Trinajstić information content (AvgIpc) is 2.75. The van der Waals surface area contributed by atoms with Crippen molar-refractivity contribution in [3.05, 3.63) is 35.9 Å². The lowest BCUT2D eigenvalue weighted by Crippen LogP contribution is -2.40. The van der Waals surface area contributed by atoms with Crippen LogP contribution in [0.25, 0.3) is 0 Å². The largest absolute Gasteiger partial charge is 0.386 e. The molecule has 2 rings (SSSR count). The van der Waals surface area contributed by atoms with Gasteiger partial charge in [0.05, 0.1) is 6.10 Å². The fourth-order valence-electron chi connectivity index (χ4n) is 2.74. The summed E-state index contributed by atoms with van der Waals surface area (Å²) < 4.78 is 17.3. The number of aliphatic hydroxyl groups is 1. The summed E-state index contributed by atoms with van der Waals surface area (Å²) in [6, 6.07) is 9.50. The van der Waals surface area contributed by atoms with E-state index < -0.39 is 18.0 Å². The molecule has 4 nitrogen and oxygen atoms in total. The molecule has 1 saturated heterocycles. The monoisotopic (exact) mass is 280 g/mol. The van der Waals surface area contributed by atoms with Crippen LogP contribution < -0.4 is 0 Å². The summed E-state index contributed by atoms with van der Waals surface area (Å²) in [4.78, 5) is 0. The third-order valence-electron chi connectivity index (χ3n) is 3.67. The van der Waals surface area contributed by atoms with Crippen LogP contribution in [0, 0.1) is 0 Å². The van der Waals surface area contributed by atoms with E-state index in [1.807, 2.05) is 51.1 Å². The standard InChI is InChI=1S/C16H24O4/c1-5-12-14(20-16(2,3)19-12)15(18-4)13(17)11-9-7-6-8-10-11/h6-10,12-15,17H,5H2,1-4H3/t12-,13+,14-,15-/m0/s1.